The predicted octanol–water partition coefficient (Wildman–Crippen LogP) is 2.73. The molecule has 1 aliphatic rings. The molecule has 0 radical (unpaired) electrons. The summed E-state index contributed by atoms with van der Waals surface area (Å²) in [5.41, 5.74) is -0.226. The molecule has 0 aromatic carbocycles. The zero-order chi connectivity index (χ0) is 15.7. The lowest BCUT2D eigenvalue weighted by Gasteiger charge is -2.39. The Morgan fingerprint density at radius 1 is 1.29 bits per heavy atom. The lowest BCUT2D eigenvalue weighted by Crippen LogP contribution is -2.44. The Bertz CT molecular complexity index is 334. The van der Waals surface area contributed by atoms with Crippen LogP contribution in [-0.2, 0) is 14.3 Å². The molecule has 1 atom stereocenters. The Balaban J connectivity index is 2.22. The molecule has 0 bridgehead atoms. The first-order valence-electron chi connectivity index (χ1n) is 8.05. The van der Waals surface area contributed by atoms with Crippen LogP contribution in [0.2, 0.25) is 0 Å². The lowest BCUT2D eigenvalue weighted by atomic mass is 9.77. The number of hydrogen-bond donors (Lipinski definition) is 2. The highest BCUT2D eigenvalue weighted by Crippen LogP contribution is 2.37. The molecule has 2 N–H and O–H groups in total. The number of carbonyl (C=O) groups is 2. The predicted molar refractivity (Wildman–Crippen MR) is 81.1 cm³/mol. The lowest BCUT2D eigenvalue weighted by molar-refractivity contribution is -0.137. The molecule has 0 saturated heterocycles. The van der Waals surface area contributed by atoms with E-state index in [-0.39, 0.29) is 17.9 Å². The van der Waals surface area contributed by atoms with Gasteiger partial charge in [0.15, 0.2) is 0 Å². The molecular weight excluding hydrogens is 270 g/mol. The normalized spacial score (nSPS) is 17.8. The molecule has 0 aromatic heterocycles. The first-order chi connectivity index (χ1) is 10.0. The van der Waals surface area contributed by atoms with Crippen LogP contribution < -0.4 is 5.32 Å². The second-order valence-electron chi connectivity index (χ2n) is 6.14. The van der Waals surface area contributed by atoms with Gasteiger partial charge in [0.1, 0.15) is 0 Å². The minimum Gasteiger partial charge on any atom is -0.481 e. The number of methoxy groups -OCH3 is 1. The molecule has 0 aromatic rings. The van der Waals surface area contributed by atoms with Gasteiger partial charge in [-0.25, -0.2) is 0 Å². The Labute approximate surface area is 127 Å². The van der Waals surface area contributed by atoms with Crippen molar-refractivity contribution in [2.24, 2.45) is 5.92 Å². The third kappa shape index (κ3) is 6.46. The largest absolute Gasteiger partial charge is 0.481 e. The first kappa shape index (κ1) is 18.0. The van der Waals surface area contributed by atoms with Gasteiger partial charge in [-0.1, -0.05) is 19.8 Å². The molecule has 1 unspecified atom stereocenters. The van der Waals surface area contributed by atoms with E-state index in [2.05, 4.69) is 12.2 Å². The monoisotopic (exact) mass is 299 g/mol. The summed E-state index contributed by atoms with van der Waals surface area (Å²) in [6.07, 6.45) is 7.34. The molecule has 1 saturated carbocycles. The molecule has 0 spiro atoms. The summed E-state index contributed by atoms with van der Waals surface area (Å²) >= 11 is 0. The topological polar surface area (TPSA) is 75.6 Å². The van der Waals surface area contributed by atoms with E-state index in [1.807, 2.05) is 0 Å². The van der Waals surface area contributed by atoms with E-state index in [9.17, 15) is 9.59 Å². The van der Waals surface area contributed by atoms with E-state index in [0.717, 1.165) is 38.5 Å². The quantitative estimate of drug-likeness (QED) is 0.615. The minimum atomic E-state index is -0.743. The average molecular weight is 299 g/mol. The summed E-state index contributed by atoms with van der Waals surface area (Å²) < 4.78 is 5.45. The minimum absolute atomic E-state index is 0.0463. The number of amides is 1. The van der Waals surface area contributed by atoms with Gasteiger partial charge < -0.3 is 15.2 Å². The van der Waals surface area contributed by atoms with Crippen molar-refractivity contribution in [1.29, 1.82) is 0 Å². The van der Waals surface area contributed by atoms with Gasteiger partial charge in [0, 0.05) is 20.1 Å². The molecule has 21 heavy (non-hydrogen) atoms. The number of aliphatic carboxylic acids is 1. The Morgan fingerprint density at radius 3 is 2.48 bits per heavy atom. The van der Waals surface area contributed by atoms with Gasteiger partial charge in [-0.3, -0.25) is 9.59 Å². The summed E-state index contributed by atoms with van der Waals surface area (Å²) in [5.74, 6) is -0.316. The van der Waals surface area contributed by atoms with Crippen LogP contribution in [0.5, 0.6) is 0 Å². The summed E-state index contributed by atoms with van der Waals surface area (Å²) in [6.45, 7) is 2.73. The molecule has 1 aliphatic carbocycles. The van der Waals surface area contributed by atoms with Crippen molar-refractivity contribution < 1.29 is 19.4 Å². The van der Waals surface area contributed by atoms with Gasteiger partial charge in [0.25, 0.3) is 0 Å². The number of carboxylic acid groups (broad SMARTS) is 1. The number of carboxylic acids is 1. The van der Waals surface area contributed by atoms with Crippen LogP contribution >= 0.6 is 0 Å². The summed E-state index contributed by atoms with van der Waals surface area (Å²) in [4.78, 5) is 22.6. The average Bonchev–Trinajstić information content (AvgIpc) is 2.40. The van der Waals surface area contributed by atoms with Crippen LogP contribution in [0.15, 0.2) is 0 Å². The van der Waals surface area contributed by atoms with Crippen molar-refractivity contribution in [3.63, 3.8) is 0 Å². The fourth-order valence-electron chi connectivity index (χ4n) is 2.96. The molecule has 0 heterocycles. The smallest absolute Gasteiger partial charge is 0.303 e. The maximum Gasteiger partial charge on any atom is 0.303 e. The second kappa shape index (κ2) is 9.03. The first-order valence-corrected chi connectivity index (χ1v) is 8.05. The molecule has 1 rings (SSSR count). The van der Waals surface area contributed by atoms with E-state index in [4.69, 9.17) is 9.84 Å². The van der Waals surface area contributed by atoms with Gasteiger partial charge in [-0.15, -0.1) is 0 Å². The standard InChI is InChI=1S/C16H29NO4/c1-3-5-13(6-7-15(19)20)8-11-17-14(18)12-16(21-2)9-4-10-16/h13H,3-12H2,1-2H3,(H,17,18)(H,19,20). The Morgan fingerprint density at radius 2 is 2.00 bits per heavy atom. The molecule has 122 valence electrons. The summed E-state index contributed by atoms with van der Waals surface area (Å²) in [5, 5.41) is 11.7. The van der Waals surface area contributed by atoms with E-state index < -0.39 is 5.97 Å². The molecule has 0 aliphatic heterocycles. The Hall–Kier alpha value is -1.10. The third-order valence-electron chi connectivity index (χ3n) is 4.52. The zero-order valence-corrected chi connectivity index (χ0v) is 13.3. The van der Waals surface area contributed by atoms with Crippen LogP contribution in [0.25, 0.3) is 0 Å². The van der Waals surface area contributed by atoms with E-state index >= 15 is 0 Å². The second-order valence-corrected chi connectivity index (χ2v) is 6.14. The van der Waals surface area contributed by atoms with E-state index in [0.29, 0.717) is 25.3 Å². The maximum atomic E-state index is 11.9. The van der Waals surface area contributed by atoms with Crippen LogP contribution in [0.1, 0.15) is 64.7 Å². The fourth-order valence-corrected chi connectivity index (χ4v) is 2.96. The van der Waals surface area contributed by atoms with Gasteiger partial charge >= 0.3 is 5.97 Å². The van der Waals surface area contributed by atoms with Crippen molar-refractivity contribution in [2.45, 2.75) is 70.3 Å². The van der Waals surface area contributed by atoms with Crippen LogP contribution in [-0.4, -0.2) is 36.2 Å². The Kier molecular flexibility index (Phi) is 7.72. The van der Waals surface area contributed by atoms with Crippen LogP contribution in [0, 0.1) is 5.92 Å². The fraction of sp³-hybridized carbons (Fsp3) is 0.875. The van der Waals surface area contributed by atoms with Gasteiger partial charge in [-0.2, -0.15) is 0 Å². The zero-order valence-electron chi connectivity index (χ0n) is 13.3. The number of hydrogen-bond acceptors (Lipinski definition) is 3. The number of ether oxygens (including phenoxy) is 1. The van der Waals surface area contributed by atoms with Gasteiger partial charge in [0.2, 0.25) is 5.91 Å². The van der Waals surface area contributed by atoms with Crippen molar-refractivity contribution in [3.8, 4) is 0 Å². The summed E-state index contributed by atoms with van der Waals surface area (Å²) in [7, 11) is 1.68. The van der Waals surface area contributed by atoms with Gasteiger partial charge in [0.05, 0.1) is 12.0 Å². The van der Waals surface area contributed by atoms with Crippen molar-refractivity contribution in [3.05, 3.63) is 0 Å². The molecule has 1 amide bonds. The van der Waals surface area contributed by atoms with E-state index in [1.165, 1.54) is 0 Å². The van der Waals surface area contributed by atoms with Gasteiger partial charge in [-0.05, 0) is 38.0 Å². The van der Waals surface area contributed by atoms with Crippen molar-refractivity contribution in [1.82, 2.24) is 5.32 Å². The highest BCUT2D eigenvalue weighted by molar-refractivity contribution is 5.77. The van der Waals surface area contributed by atoms with Crippen molar-refractivity contribution >= 4 is 11.9 Å². The maximum absolute atomic E-state index is 11.9. The highest BCUT2D eigenvalue weighted by atomic mass is 16.5. The van der Waals surface area contributed by atoms with Crippen molar-refractivity contribution in [2.75, 3.05) is 13.7 Å². The van der Waals surface area contributed by atoms with Crippen LogP contribution in [0.4, 0.5) is 0 Å². The SMILES string of the molecule is CCCC(CCNC(=O)CC1(OC)CCC1)CCC(=O)O. The van der Waals surface area contributed by atoms with E-state index in [1.54, 1.807) is 7.11 Å². The third-order valence-corrected chi connectivity index (χ3v) is 4.52. The molecule has 5 nitrogen and oxygen atoms in total. The number of nitrogens with one attached hydrogen (secondary N) is 1. The number of rotatable bonds is 11. The van der Waals surface area contributed by atoms with Crippen LogP contribution in [0.3, 0.4) is 0 Å². The molecular formula is C16H29NO4. The number of carbonyl (C=O) groups excluding carboxylic acids is 1. The summed E-state index contributed by atoms with van der Waals surface area (Å²) in [6, 6.07) is 0. The molecule has 1 fully saturated rings. The molecule has 5 heteroatoms. The highest BCUT2D eigenvalue weighted by Gasteiger charge is 2.38.